The predicted molar refractivity (Wildman–Crippen MR) is 124 cm³/mol. The molecule has 13 nitrogen and oxygen atoms in total. The number of carbonyl (C=O) groups is 4. The zero-order chi connectivity index (χ0) is 25.7. The summed E-state index contributed by atoms with van der Waals surface area (Å²) in [7, 11) is 0. The molecule has 4 atom stereocenters. The van der Waals surface area contributed by atoms with E-state index in [0.717, 1.165) is 5.56 Å². The minimum atomic E-state index is -1.52. The molecule has 0 bridgehead atoms. The van der Waals surface area contributed by atoms with Crippen LogP contribution >= 0.6 is 0 Å². The Balaban J connectivity index is 2.81. The van der Waals surface area contributed by atoms with Crippen molar-refractivity contribution in [2.24, 2.45) is 22.2 Å². The largest absolute Gasteiger partial charge is 0.480 e. The lowest BCUT2D eigenvalue weighted by molar-refractivity contribution is -0.143. The van der Waals surface area contributed by atoms with Gasteiger partial charge in [0.15, 0.2) is 5.96 Å². The Morgan fingerprint density at radius 3 is 2.15 bits per heavy atom. The van der Waals surface area contributed by atoms with E-state index in [-0.39, 0.29) is 25.3 Å². The molecule has 0 aliphatic carbocycles. The second kappa shape index (κ2) is 14.4. The van der Waals surface area contributed by atoms with Crippen LogP contribution in [0.2, 0.25) is 0 Å². The molecule has 0 fully saturated rings. The van der Waals surface area contributed by atoms with Gasteiger partial charge in [0.25, 0.3) is 0 Å². The number of hydrogen-bond donors (Lipinski definition) is 8. The van der Waals surface area contributed by atoms with Gasteiger partial charge >= 0.3 is 5.97 Å². The van der Waals surface area contributed by atoms with E-state index in [1.165, 1.54) is 6.92 Å². The van der Waals surface area contributed by atoms with Crippen molar-refractivity contribution in [1.82, 2.24) is 16.0 Å². The van der Waals surface area contributed by atoms with E-state index in [4.69, 9.17) is 27.4 Å². The Morgan fingerprint density at radius 1 is 0.971 bits per heavy atom. The minimum absolute atomic E-state index is 0.114. The van der Waals surface area contributed by atoms with Crippen molar-refractivity contribution in [2.45, 2.75) is 50.4 Å². The molecule has 188 valence electrons. The monoisotopic (exact) mass is 479 g/mol. The van der Waals surface area contributed by atoms with Gasteiger partial charge in [0, 0.05) is 6.54 Å². The van der Waals surface area contributed by atoms with Crippen LogP contribution in [0.15, 0.2) is 35.3 Å². The summed E-state index contributed by atoms with van der Waals surface area (Å²) in [5.74, 6) is -3.59. The number of carboxylic acids is 1. The van der Waals surface area contributed by atoms with Crippen LogP contribution < -0.4 is 33.2 Å². The first kappa shape index (κ1) is 28.3. The quantitative estimate of drug-likeness (QED) is 0.0778. The molecule has 4 unspecified atom stereocenters. The van der Waals surface area contributed by atoms with Crippen molar-refractivity contribution in [3.63, 3.8) is 0 Å². The van der Waals surface area contributed by atoms with Crippen LogP contribution in [-0.2, 0) is 25.6 Å². The molecule has 1 aromatic carbocycles. The highest BCUT2D eigenvalue weighted by atomic mass is 16.4. The molecule has 1 aromatic rings. The van der Waals surface area contributed by atoms with E-state index < -0.39 is 54.5 Å². The van der Waals surface area contributed by atoms with Gasteiger partial charge in [0.1, 0.15) is 18.1 Å². The molecular weight excluding hydrogens is 446 g/mol. The van der Waals surface area contributed by atoms with Crippen LogP contribution in [0.5, 0.6) is 0 Å². The Hall–Kier alpha value is -3.71. The molecule has 0 spiro atoms. The summed E-state index contributed by atoms with van der Waals surface area (Å²) < 4.78 is 0. The summed E-state index contributed by atoms with van der Waals surface area (Å²) in [6.07, 6.45) is 0.747. The molecule has 0 saturated carbocycles. The number of rotatable bonds is 14. The van der Waals surface area contributed by atoms with Crippen molar-refractivity contribution < 1.29 is 29.4 Å². The van der Waals surface area contributed by atoms with E-state index in [1.807, 2.05) is 30.3 Å². The van der Waals surface area contributed by atoms with Gasteiger partial charge in [-0.2, -0.15) is 0 Å². The highest BCUT2D eigenvalue weighted by Crippen LogP contribution is 2.04. The van der Waals surface area contributed by atoms with Crippen LogP contribution in [0.3, 0.4) is 0 Å². The third-order valence-corrected chi connectivity index (χ3v) is 4.76. The number of guanidine groups is 1. The van der Waals surface area contributed by atoms with E-state index in [9.17, 15) is 19.2 Å². The summed E-state index contributed by atoms with van der Waals surface area (Å²) in [5, 5.41) is 25.1. The molecule has 0 radical (unpaired) electrons. The van der Waals surface area contributed by atoms with Crippen molar-refractivity contribution in [3.05, 3.63) is 35.9 Å². The summed E-state index contributed by atoms with van der Waals surface area (Å²) in [6.45, 7) is 0.734. The van der Waals surface area contributed by atoms with E-state index in [0.29, 0.717) is 6.42 Å². The summed E-state index contributed by atoms with van der Waals surface area (Å²) in [6, 6.07) is 4.49. The number of nitrogens with two attached hydrogens (primary N) is 3. The van der Waals surface area contributed by atoms with Crippen molar-refractivity contribution in [2.75, 3.05) is 13.2 Å². The first-order valence-electron chi connectivity index (χ1n) is 10.6. The average molecular weight is 480 g/mol. The lowest BCUT2D eigenvalue weighted by Gasteiger charge is -2.23. The van der Waals surface area contributed by atoms with Gasteiger partial charge in [0.05, 0.1) is 12.6 Å². The molecular formula is C21H33N7O6. The third kappa shape index (κ3) is 10.3. The maximum atomic E-state index is 12.8. The number of aliphatic imine (C=N–C) groups is 1. The van der Waals surface area contributed by atoms with Crippen LogP contribution in [0.1, 0.15) is 25.3 Å². The number of aliphatic hydroxyl groups is 1. The first-order chi connectivity index (χ1) is 16.0. The second-order valence-corrected chi connectivity index (χ2v) is 7.62. The number of nitrogens with zero attached hydrogens (tertiary/aromatic N) is 1. The molecule has 0 aliphatic heterocycles. The predicted octanol–water partition coefficient (Wildman–Crippen LogP) is -2.84. The zero-order valence-corrected chi connectivity index (χ0v) is 18.9. The number of aliphatic carboxylic acids is 1. The van der Waals surface area contributed by atoms with Crippen LogP contribution in [-0.4, -0.2) is 77.2 Å². The Labute approximate surface area is 197 Å². The molecule has 34 heavy (non-hydrogen) atoms. The molecule has 11 N–H and O–H groups in total. The topological polar surface area (TPSA) is 235 Å². The molecule has 13 heteroatoms. The maximum absolute atomic E-state index is 12.8. The van der Waals surface area contributed by atoms with Gasteiger partial charge in [-0.05, 0) is 31.7 Å². The van der Waals surface area contributed by atoms with Gasteiger partial charge in [-0.25, -0.2) is 4.79 Å². The number of amides is 3. The average Bonchev–Trinajstić information content (AvgIpc) is 2.79. The minimum Gasteiger partial charge on any atom is -0.480 e. The first-order valence-corrected chi connectivity index (χ1v) is 10.6. The van der Waals surface area contributed by atoms with E-state index >= 15 is 0 Å². The summed E-state index contributed by atoms with van der Waals surface area (Å²) >= 11 is 0. The lowest BCUT2D eigenvalue weighted by Crippen LogP contribution is -2.56. The summed E-state index contributed by atoms with van der Waals surface area (Å²) in [4.78, 5) is 52.4. The zero-order valence-electron chi connectivity index (χ0n) is 18.9. The van der Waals surface area contributed by atoms with E-state index in [1.54, 1.807) is 0 Å². The molecule has 0 heterocycles. The molecule has 0 aromatic heterocycles. The molecule has 3 amide bonds. The molecule has 0 saturated heterocycles. The van der Waals surface area contributed by atoms with E-state index in [2.05, 4.69) is 20.9 Å². The second-order valence-electron chi connectivity index (χ2n) is 7.62. The van der Waals surface area contributed by atoms with Crippen molar-refractivity contribution in [1.29, 1.82) is 0 Å². The fourth-order valence-corrected chi connectivity index (χ4v) is 2.87. The Kier molecular flexibility index (Phi) is 12.0. The van der Waals surface area contributed by atoms with Gasteiger partial charge < -0.3 is 43.4 Å². The number of carboxylic acid groups (broad SMARTS) is 1. The smallest absolute Gasteiger partial charge is 0.328 e. The van der Waals surface area contributed by atoms with Gasteiger partial charge in [-0.3, -0.25) is 19.4 Å². The fraction of sp³-hybridized carbons (Fsp3) is 0.476. The SMILES string of the molecule is CC(NC(=O)C(CCCN=C(N)N)NC(=O)C(N)Cc1ccccc1)C(=O)NC(CO)C(=O)O. The van der Waals surface area contributed by atoms with Gasteiger partial charge in [-0.15, -0.1) is 0 Å². The Morgan fingerprint density at radius 2 is 1.59 bits per heavy atom. The lowest BCUT2D eigenvalue weighted by atomic mass is 10.0. The highest BCUT2D eigenvalue weighted by Gasteiger charge is 2.28. The third-order valence-electron chi connectivity index (χ3n) is 4.76. The van der Waals surface area contributed by atoms with Gasteiger partial charge in [-0.1, -0.05) is 30.3 Å². The maximum Gasteiger partial charge on any atom is 0.328 e. The van der Waals surface area contributed by atoms with Crippen molar-refractivity contribution in [3.8, 4) is 0 Å². The number of benzene rings is 1. The van der Waals surface area contributed by atoms with Gasteiger partial charge in [0.2, 0.25) is 17.7 Å². The standard InChI is InChI=1S/C21H33N7O6/c1-12(17(30)28-16(11-29)20(33)34)26-19(32)15(8-5-9-25-21(23)24)27-18(31)14(22)10-13-6-3-2-4-7-13/h2-4,6-7,12,14-16,29H,5,8-11,22H2,1H3,(H,26,32)(H,27,31)(H,28,30)(H,33,34)(H4,23,24,25). The number of hydrogen-bond acceptors (Lipinski definition) is 7. The summed E-state index contributed by atoms with van der Waals surface area (Å²) in [5.41, 5.74) is 17.4. The van der Waals surface area contributed by atoms with Crippen LogP contribution in [0, 0.1) is 0 Å². The molecule has 1 rings (SSSR count). The Bertz CT molecular complexity index is 860. The number of aliphatic hydroxyl groups excluding tert-OH is 1. The number of carbonyl (C=O) groups excluding carboxylic acids is 3. The van der Waals surface area contributed by atoms with Crippen LogP contribution in [0.25, 0.3) is 0 Å². The van der Waals surface area contributed by atoms with Crippen molar-refractivity contribution >= 4 is 29.7 Å². The highest BCUT2D eigenvalue weighted by molar-refractivity contribution is 5.94. The number of nitrogens with one attached hydrogen (secondary N) is 3. The van der Waals surface area contributed by atoms with Crippen LogP contribution in [0.4, 0.5) is 0 Å². The fourth-order valence-electron chi connectivity index (χ4n) is 2.87. The normalized spacial score (nSPS) is 14.1. The molecule has 0 aliphatic rings.